The van der Waals surface area contributed by atoms with Crippen molar-refractivity contribution in [1.82, 2.24) is 4.90 Å². The second kappa shape index (κ2) is 7.81. The van der Waals surface area contributed by atoms with Gasteiger partial charge in [0, 0.05) is 17.2 Å². The molecule has 0 saturated carbocycles. The molecule has 1 saturated heterocycles. The van der Waals surface area contributed by atoms with Crippen molar-refractivity contribution in [2.24, 2.45) is 0 Å². The first kappa shape index (κ1) is 13.7. The van der Waals surface area contributed by atoms with E-state index in [0.29, 0.717) is 0 Å². The van der Waals surface area contributed by atoms with Crippen molar-refractivity contribution in [2.45, 2.75) is 50.3 Å². The van der Waals surface area contributed by atoms with Crippen molar-refractivity contribution in [3.8, 4) is 0 Å². The summed E-state index contributed by atoms with van der Waals surface area (Å²) in [5.74, 6) is 2.10. The van der Waals surface area contributed by atoms with Gasteiger partial charge in [-0.1, -0.05) is 13.3 Å². The van der Waals surface area contributed by atoms with Gasteiger partial charge in [-0.2, -0.15) is 11.8 Å². The number of halogens is 1. The second-order valence-electron chi connectivity index (χ2n) is 4.58. The molecule has 0 aromatic rings. The second-order valence-corrected chi connectivity index (χ2v) is 6.50. The van der Waals surface area contributed by atoms with Crippen LogP contribution in [0.1, 0.15) is 39.0 Å². The van der Waals surface area contributed by atoms with E-state index in [-0.39, 0.29) is 0 Å². The highest BCUT2D eigenvalue weighted by Gasteiger charge is 2.18. The summed E-state index contributed by atoms with van der Waals surface area (Å²) in [5.41, 5.74) is 0. The van der Waals surface area contributed by atoms with Gasteiger partial charge in [0.05, 0.1) is 0 Å². The molecular weight excluding hydrogens is 226 g/mol. The van der Waals surface area contributed by atoms with Gasteiger partial charge < -0.3 is 4.90 Å². The molecule has 0 spiro atoms. The summed E-state index contributed by atoms with van der Waals surface area (Å²) < 4.78 is 0. The quantitative estimate of drug-likeness (QED) is 0.662. The Bertz CT molecular complexity index is 166. The lowest BCUT2D eigenvalue weighted by molar-refractivity contribution is 0.182. The fourth-order valence-electron chi connectivity index (χ4n) is 2.15. The molecule has 0 amide bonds. The summed E-state index contributed by atoms with van der Waals surface area (Å²) in [6.07, 6.45) is 6.72. The lowest BCUT2D eigenvalue weighted by Crippen LogP contribution is -2.36. The normalized spacial score (nSPS) is 25.4. The molecule has 1 aliphatic heterocycles. The van der Waals surface area contributed by atoms with Crippen LogP contribution >= 0.6 is 23.4 Å². The van der Waals surface area contributed by atoms with E-state index in [4.69, 9.17) is 11.6 Å². The number of rotatable bonds is 6. The number of piperidine rings is 1. The third-order valence-electron chi connectivity index (χ3n) is 3.29. The predicted molar refractivity (Wildman–Crippen MR) is 72.1 cm³/mol. The average molecular weight is 250 g/mol. The Morgan fingerprint density at radius 2 is 2.27 bits per heavy atom. The van der Waals surface area contributed by atoms with E-state index in [0.717, 1.165) is 23.6 Å². The highest BCUT2D eigenvalue weighted by Crippen LogP contribution is 2.22. The zero-order valence-corrected chi connectivity index (χ0v) is 11.6. The monoisotopic (exact) mass is 249 g/mol. The zero-order valence-electron chi connectivity index (χ0n) is 10.0. The molecule has 1 fully saturated rings. The Balaban J connectivity index is 2.08. The molecule has 1 nitrogen and oxygen atoms in total. The van der Waals surface area contributed by atoms with Crippen molar-refractivity contribution in [1.29, 1.82) is 0 Å². The third kappa shape index (κ3) is 5.46. The lowest BCUT2D eigenvalue weighted by atomic mass is 10.0. The maximum atomic E-state index is 5.73. The summed E-state index contributed by atoms with van der Waals surface area (Å²) in [5, 5.41) is 0.733. The fourth-order valence-corrected chi connectivity index (χ4v) is 3.70. The number of likely N-dealkylation sites (tertiary alicyclic amines) is 1. The molecule has 3 heteroatoms. The van der Waals surface area contributed by atoms with E-state index in [2.05, 4.69) is 30.6 Å². The predicted octanol–water partition coefficient (Wildman–Crippen LogP) is 3.61. The van der Waals surface area contributed by atoms with Crippen molar-refractivity contribution < 1.29 is 0 Å². The minimum Gasteiger partial charge on any atom is -0.303 e. The molecule has 1 rings (SSSR count). The first-order chi connectivity index (χ1) is 7.24. The number of hydrogen-bond acceptors (Lipinski definition) is 2. The van der Waals surface area contributed by atoms with E-state index >= 15 is 0 Å². The minimum absolute atomic E-state index is 0.733. The van der Waals surface area contributed by atoms with E-state index in [1.807, 2.05) is 0 Å². The topological polar surface area (TPSA) is 3.24 Å². The Labute approximate surface area is 104 Å². The summed E-state index contributed by atoms with van der Waals surface area (Å²) >= 11 is 7.81. The molecular formula is C12H24ClNS. The van der Waals surface area contributed by atoms with Crippen LogP contribution in [0.2, 0.25) is 0 Å². The van der Waals surface area contributed by atoms with Gasteiger partial charge in [-0.25, -0.2) is 0 Å². The van der Waals surface area contributed by atoms with Crippen LogP contribution in [0.5, 0.6) is 0 Å². The smallest absolute Gasteiger partial charge is 0.0233 e. The molecule has 0 aromatic carbocycles. The van der Waals surface area contributed by atoms with Gasteiger partial charge in [0.25, 0.3) is 0 Å². The van der Waals surface area contributed by atoms with Crippen LogP contribution in [0.4, 0.5) is 0 Å². The molecule has 1 aliphatic rings. The zero-order chi connectivity index (χ0) is 11.1. The number of nitrogens with zero attached hydrogens (tertiary/aromatic N) is 1. The Morgan fingerprint density at radius 3 is 2.93 bits per heavy atom. The van der Waals surface area contributed by atoms with Crippen molar-refractivity contribution >= 4 is 23.4 Å². The van der Waals surface area contributed by atoms with Crippen LogP contribution in [0.25, 0.3) is 0 Å². The summed E-state index contributed by atoms with van der Waals surface area (Å²) in [7, 11) is 2.27. The highest BCUT2D eigenvalue weighted by molar-refractivity contribution is 7.99. The lowest BCUT2D eigenvalue weighted by Gasteiger charge is -2.32. The van der Waals surface area contributed by atoms with Gasteiger partial charge >= 0.3 is 0 Å². The molecule has 90 valence electrons. The van der Waals surface area contributed by atoms with Crippen LogP contribution in [-0.2, 0) is 0 Å². The summed E-state index contributed by atoms with van der Waals surface area (Å²) in [6, 6.07) is 0.842. The highest BCUT2D eigenvalue weighted by atomic mass is 35.5. The number of thioether (sulfide) groups is 1. The van der Waals surface area contributed by atoms with Gasteiger partial charge in [0.1, 0.15) is 0 Å². The summed E-state index contributed by atoms with van der Waals surface area (Å²) in [6.45, 7) is 3.59. The molecule has 0 N–H and O–H groups in total. The molecule has 15 heavy (non-hydrogen) atoms. The first-order valence-corrected chi connectivity index (χ1v) is 7.70. The van der Waals surface area contributed by atoms with Gasteiger partial charge in [0.15, 0.2) is 0 Å². The minimum atomic E-state index is 0.733. The van der Waals surface area contributed by atoms with Crippen LogP contribution < -0.4 is 0 Å². The van der Waals surface area contributed by atoms with Gasteiger partial charge in [-0.05, 0) is 45.0 Å². The molecule has 2 atom stereocenters. The molecule has 2 unspecified atom stereocenters. The fraction of sp³-hybridized carbons (Fsp3) is 1.00. The molecule has 0 aliphatic carbocycles. The molecule has 1 heterocycles. The Kier molecular flexibility index (Phi) is 7.11. The molecule has 0 bridgehead atoms. The van der Waals surface area contributed by atoms with Gasteiger partial charge in [-0.15, -0.1) is 11.6 Å². The Morgan fingerprint density at radius 1 is 1.47 bits per heavy atom. The van der Waals surface area contributed by atoms with Crippen LogP contribution in [-0.4, -0.2) is 41.4 Å². The molecule has 0 radical (unpaired) electrons. The number of hydrogen-bond donors (Lipinski definition) is 0. The third-order valence-corrected chi connectivity index (χ3v) is 4.78. The van der Waals surface area contributed by atoms with Crippen molar-refractivity contribution in [2.75, 3.05) is 25.2 Å². The standard InChI is InChI=1S/C12H24ClNS/c1-11(6-8-13)15-10-7-12-5-3-4-9-14(12)2/h11-12H,3-10H2,1-2H3. The van der Waals surface area contributed by atoms with Crippen LogP contribution in [0.3, 0.4) is 0 Å². The van der Waals surface area contributed by atoms with Gasteiger partial charge in [0.2, 0.25) is 0 Å². The number of alkyl halides is 1. The van der Waals surface area contributed by atoms with E-state index in [1.165, 1.54) is 38.0 Å². The maximum Gasteiger partial charge on any atom is 0.0233 e. The molecule has 0 aromatic heterocycles. The largest absolute Gasteiger partial charge is 0.303 e. The van der Waals surface area contributed by atoms with Crippen molar-refractivity contribution in [3.63, 3.8) is 0 Å². The average Bonchev–Trinajstić information content (AvgIpc) is 2.21. The van der Waals surface area contributed by atoms with Gasteiger partial charge in [-0.3, -0.25) is 0 Å². The van der Waals surface area contributed by atoms with Crippen LogP contribution in [0, 0.1) is 0 Å². The Hall–Kier alpha value is 0.600. The SMILES string of the molecule is CC(CCCl)SCCC1CCCCN1C. The van der Waals surface area contributed by atoms with E-state index in [9.17, 15) is 0 Å². The first-order valence-electron chi connectivity index (χ1n) is 6.12. The van der Waals surface area contributed by atoms with E-state index in [1.54, 1.807) is 0 Å². The maximum absolute atomic E-state index is 5.73. The van der Waals surface area contributed by atoms with E-state index < -0.39 is 0 Å². The van der Waals surface area contributed by atoms with Crippen LogP contribution in [0.15, 0.2) is 0 Å². The summed E-state index contributed by atoms with van der Waals surface area (Å²) in [4.78, 5) is 2.54. The van der Waals surface area contributed by atoms with Crippen molar-refractivity contribution in [3.05, 3.63) is 0 Å².